The van der Waals surface area contributed by atoms with E-state index in [0.29, 0.717) is 11.8 Å². The first-order valence-corrected chi connectivity index (χ1v) is 10.3. The highest BCUT2D eigenvalue weighted by Gasteiger charge is 2.40. The van der Waals surface area contributed by atoms with Crippen molar-refractivity contribution in [3.8, 4) is 5.82 Å². The number of hydrogen-bond donors (Lipinski definition) is 0. The summed E-state index contributed by atoms with van der Waals surface area (Å²) in [5, 5.41) is 4.54. The van der Waals surface area contributed by atoms with E-state index >= 15 is 0 Å². The molecule has 156 valence electrons. The third kappa shape index (κ3) is 3.49. The lowest BCUT2D eigenvalue weighted by atomic mass is 10.0. The maximum Gasteiger partial charge on any atom is 0.347 e. The van der Waals surface area contributed by atoms with Crippen LogP contribution in [0.3, 0.4) is 0 Å². The quantitative estimate of drug-likeness (QED) is 0.637. The second-order valence-electron chi connectivity index (χ2n) is 8.55. The fourth-order valence-electron chi connectivity index (χ4n) is 4.80. The molecule has 0 spiro atoms. The molecule has 3 aromatic heterocycles. The van der Waals surface area contributed by atoms with Crippen molar-refractivity contribution in [1.29, 1.82) is 0 Å². The standard InChI is InChI=1S/C21H26N8O/c1-14-4-15(2)29(25-14)20-5-19(23-13-24-20)28-11-17-9-27(10-18(17)12-28)8-16-6-22-21(30)26(3)7-16/h4-7,13,17-18H,8-12H2,1-3H3. The van der Waals surface area contributed by atoms with Crippen LogP contribution in [0.5, 0.6) is 0 Å². The Morgan fingerprint density at radius 1 is 1.00 bits per heavy atom. The fourth-order valence-corrected chi connectivity index (χ4v) is 4.80. The Balaban J connectivity index is 1.26. The van der Waals surface area contributed by atoms with Gasteiger partial charge in [0.2, 0.25) is 0 Å². The van der Waals surface area contributed by atoms with Crippen molar-refractivity contribution in [3.63, 3.8) is 0 Å². The summed E-state index contributed by atoms with van der Waals surface area (Å²) < 4.78 is 3.42. The average molecular weight is 406 g/mol. The smallest absolute Gasteiger partial charge is 0.347 e. The number of hydrogen-bond acceptors (Lipinski definition) is 7. The van der Waals surface area contributed by atoms with Crippen LogP contribution in [0.15, 0.2) is 35.6 Å². The zero-order chi connectivity index (χ0) is 20.8. The van der Waals surface area contributed by atoms with E-state index in [1.54, 1.807) is 24.1 Å². The molecule has 2 atom stereocenters. The van der Waals surface area contributed by atoms with Crippen molar-refractivity contribution in [2.75, 3.05) is 31.1 Å². The Bertz CT molecular complexity index is 1120. The lowest BCUT2D eigenvalue weighted by Gasteiger charge is -2.22. The molecule has 0 radical (unpaired) electrons. The minimum absolute atomic E-state index is 0.211. The topological polar surface area (TPSA) is 85.0 Å². The molecule has 3 aromatic rings. The maximum absolute atomic E-state index is 11.5. The summed E-state index contributed by atoms with van der Waals surface area (Å²) in [6.07, 6.45) is 5.22. The van der Waals surface area contributed by atoms with E-state index < -0.39 is 0 Å². The van der Waals surface area contributed by atoms with Crippen LogP contribution in [-0.4, -0.2) is 60.4 Å². The number of nitrogens with zero attached hydrogens (tertiary/aromatic N) is 8. The number of anilines is 1. The molecular formula is C21H26N8O. The van der Waals surface area contributed by atoms with E-state index in [1.807, 2.05) is 30.8 Å². The molecule has 0 N–H and O–H groups in total. The highest BCUT2D eigenvalue weighted by molar-refractivity contribution is 5.45. The van der Waals surface area contributed by atoms with Crippen molar-refractivity contribution in [2.24, 2.45) is 18.9 Å². The van der Waals surface area contributed by atoms with E-state index in [4.69, 9.17) is 0 Å². The molecule has 0 aliphatic carbocycles. The molecule has 0 amide bonds. The zero-order valence-corrected chi connectivity index (χ0v) is 17.6. The largest absolute Gasteiger partial charge is 0.356 e. The van der Waals surface area contributed by atoms with Crippen molar-refractivity contribution >= 4 is 5.82 Å². The van der Waals surface area contributed by atoms with Gasteiger partial charge in [-0.25, -0.2) is 24.4 Å². The van der Waals surface area contributed by atoms with Gasteiger partial charge in [-0.05, 0) is 31.7 Å². The van der Waals surface area contributed by atoms with Gasteiger partial charge < -0.3 is 9.47 Å². The summed E-state index contributed by atoms with van der Waals surface area (Å²) >= 11 is 0. The molecule has 5 heterocycles. The van der Waals surface area contributed by atoms with Crippen LogP contribution in [-0.2, 0) is 13.6 Å². The van der Waals surface area contributed by atoms with Crippen LogP contribution in [0, 0.1) is 25.7 Å². The van der Waals surface area contributed by atoms with Crippen molar-refractivity contribution < 1.29 is 0 Å². The van der Waals surface area contributed by atoms with E-state index in [9.17, 15) is 4.79 Å². The number of aryl methyl sites for hydroxylation is 3. The van der Waals surface area contributed by atoms with Gasteiger partial charge in [0.1, 0.15) is 12.1 Å². The Labute approximate surface area is 175 Å². The van der Waals surface area contributed by atoms with Gasteiger partial charge in [-0.1, -0.05) is 0 Å². The summed E-state index contributed by atoms with van der Waals surface area (Å²) in [5.74, 6) is 3.03. The molecule has 0 saturated carbocycles. The zero-order valence-electron chi connectivity index (χ0n) is 17.6. The first-order valence-electron chi connectivity index (χ1n) is 10.3. The van der Waals surface area contributed by atoms with Crippen LogP contribution < -0.4 is 10.6 Å². The molecular weight excluding hydrogens is 380 g/mol. The lowest BCUT2D eigenvalue weighted by molar-refractivity contribution is 0.307. The third-order valence-electron chi connectivity index (χ3n) is 6.16. The molecule has 2 aliphatic rings. The summed E-state index contributed by atoms with van der Waals surface area (Å²) in [7, 11) is 1.75. The Morgan fingerprint density at radius 2 is 1.73 bits per heavy atom. The summed E-state index contributed by atoms with van der Waals surface area (Å²) in [6.45, 7) is 8.98. The fraction of sp³-hybridized carbons (Fsp3) is 0.476. The second-order valence-corrected chi connectivity index (χ2v) is 8.55. The van der Waals surface area contributed by atoms with Crippen LogP contribution in [0.1, 0.15) is 17.0 Å². The van der Waals surface area contributed by atoms with Crippen molar-refractivity contribution in [2.45, 2.75) is 20.4 Å². The molecule has 30 heavy (non-hydrogen) atoms. The van der Waals surface area contributed by atoms with Gasteiger partial charge in [0.25, 0.3) is 0 Å². The molecule has 0 aromatic carbocycles. The summed E-state index contributed by atoms with van der Waals surface area (Å²) in [6, 6.07) is 4.09. The van der Waals surface area contributed by atoms with Crippen molar-refractivity contribution in [1.82, 2.24) is 34.2 Å². The first-order chi connectivity index (χ1) is 14.5. The number of likely N-dealkylation sites (tertiary alicyclic amines) is 1. The van der Waals surface area contributed by atoms with Gasteiger partial charge in [-0.3, -0.25) is 4.90 Å². The minimum atomic E-state index is -0.211. The molecule has 2 unspecified atom stereocenters. The van der Waals surface area contributed by atoms with Crippen molar-refractivity contribution in [3.05, 3.63) is 58.3 Å². The van der Waals surface area contributed by atoms with Crippen LogP contribution in [0.4, 0.5) is 5.82 Å². The van der Waals surface area contributed by atoms with Gasteiger partial charge in [-0.2, -0.15) is 5.10 Å². The summed E-state index contributed by atoms with van der Waals surface area (Å²) in [5.41, 5.74) is 2.92. The van der Waals surface area contributed by atoms with Crippen LogP contribution >= 0.6 is 0 Å². The molecule has 2 fully saturated rings. The molecule has 5 rings (SSSR count). The lowest BCUT2D eigenvalue weighted by Crippen LogP contribution is -2.30. The van der Waals surface area contributed by atoms with E-state index in [-0.39, 0.29) is 5.69 Å². The third-order valence-corrected chi connectivity index (χ3v) is 6.16. The van der Waals surface area contributed by atoms with E-state index in [1.165, 1.54) is 0 Å². The molecule has 0 bridgehead atoms. The Kier molecular flexibility index (Phi) is 4.62. The molecule has 2 aliphatic heterocycles. The first kappa shape index (κ1) is 18.9. The van der Waals surface area contributed by atoms with E-state index in [0.717, 1.165) is 61.3 Å². The predicted octanol–water partition coefficient (Wildman–Crippen LogP) is 0.941. The maximum atomic E-state index is 11.5. The van der Waals surface area contributed by atoms with Crippen LogP contribution in [0.25, 0.3) is 5.82 Å². The molecule has 2 saturated heterocycles. The average Bonchev–Trinajstić information content (AvgIpc) is 3.37. The van der Waals surface area contributed by atoms with Gasteiger partial charge in [0, 0.05) is 69.5 Å². The van der Waals surface area contributed by atoms with Gasteiger partial charge in [0.05, 0.1) is 5.69 Å². The number of aromatic nitrogens is 6. The van der Waals surface area contributed by atoms with Gasteiger partial charge in [-0.15, -0.1) is 0 Å². The second kappa shape index (κ2) is 7.32. The predicted molar refractivity (Wildman–Crippen MR) is 113 cm³/mol. The minimum Gasteiger partial charge on any atom is -0.356 e. The van der Waals surface area contributed by atoms with E-state index in [2.05, 4.69) is 35.9 Å². The Morgan fingerprint density at radius 3 is 2.40 bits per heavy atom. The highest BCUT2D eigenvalue weighted by Crippen LogP contribution is 2.34. The van der Waals surface area contributed by atoms with Gasteiger partial charge in [0.15, 0.2) is 5.82 Å². The van der Waals surface area contributed by atoms with Crippen LogP contribution in [0.2, 0.25) is 0 Å². The van der Waals surface area contributed by atoms with Gasteiger partial charge >= 0.3 is 5.69 Å². The normalized spacial score (nSPS) is 21.4. The monoisotopic (exact) mass is 406 g/mol. The Hall–Kier alpha value is -3.07. The molecule has 9 nitrogen and oxygen atoms in total. The summed E-state index contributed by atoms with van der Waals surface area (Å²) in [4.78, 5) is 29.2. The molecule has 9 heteroatoms. The number of fused-ring (bicyclic) bond motifs is 1. The SMILES string of the molecule is Cc1cc(C)n(-c2cc(N3CC4CN(Cc5cnc(=O)n(C)c5)CC4C3)ncn2)n1. The number of rotatable bonds is 4. The highest BCUT2D eigenvalue weighted by atomic mass is 16.1.